The normalized spacial score (nSPS) is 52.1. The summed E-state index contributed by atoms with van der Waals surface area (Å²) in [5.74, 6) is -1.63. The molecule has 0 radical (unpaired) electrons. The Hall–Kier alpha value is -1.98. The standard InChI is InChI=1S/C48H78O35/c1-3-5-12(54)33-40-25(62)32(69)48(76-33)81-39-18(11-53)72-44(28(65)21(39)58)79-37-16(9-51)74-46(30(67)23(37)60)83-41-24(61)31(68)47(75-34(41)13(55)6-4-2)80-38-17(10-52)71-43(27(64)20(38)57)77-35-14(7-49)70-42(26(63)19(35)56)78-36-15(8-50)73-45(82-40)29(66)22(36)59/h14-53,56-69H,3-11H2,1-2H3/t14-,15-,16+,17-,18+,19+,20+,21+,22+,23-,24+,25+,26+,27+,28-,29+,30-,31+,32+,33+,34+,35+,36+,37+,38+,39+,40-,41-,42+,43+,44+,45+,46+,47+,48+/m0/s1. The zero-order chi connectivity index (χ0) is 60.6. The van der Waals surface area contributed by atoms with Crippen molar-refractivity contribution in [3.05, 3.63) is 0 Å². The van der Waals surface area contributed by atoms with Crippen LogP contribution in [0.25, 0.3) is 0 Å². The highest BCUT2D eigenvalue weighted by Crippen LogP contribution is 2.39. The number of hydrogen-bond acceptors (Lipinski definition) is 35. The molecule has 0 saturated carbocycles. The first-order valence-corrected chi connectivity index (χ1v) is 27.3. The molecular formula is C48H78O35. The van der Waals surface area contributed by atoms with Gasteiger partial charge in [0.25, 0.3) is 0 Å². The summed E-state index contributed by atoms with van der Waals surface area (Å²) in [5, 5.41) is 213. The molecule has 21 saturated heterocycles. The van der Waals surface area contributed by atoms with Gasteiger partial charge >= 0.3 is 0 Å². The Morgan fingerprint density at radius 3 is 0.602 bits per heavy atom. The molecule has 83 heavy (non-hydrogen) atoms. The lowest BCUT2D eigenvalue weighted by molar-refractivity contribution is -0.394. The third-order valence-corrected chi connectivity index (χ3v) is 15.9. The first-order chi connectivity index (χ1) is 39.5. The average Bonchev–Trinajstić information content (AvgIpc) is 3.57. The molecule has 480 valence electrons. The van der Waals surface area contributed by atoms with E-state index in [1.165, 1.54) is 0 Å². The van der Waals surface area contributed by atoms with E-state index in [1.807, 2.05) is 0 Å². The molecule has 0 unspecified atom stereocenters. The predicted octanol–water partition coefficient (Wildman–Crippen LogP) is -12.5. The Morgan fingerprint density at radius 1 is 0.253 bits per heavy atom. The van der Waals surface area contributed by atoms with Crippen LogP contribution < -0.4 is 0 Å². The molecule has 0 aromatic carbocycles. The molecule has 21 fully saturated rings. The van der Waals surface area contributed by atoms with E-state index in [9.17, 15) is 107 Å². The first-order valence-electron chi connectivity index (χ1n) is 27.3. The summed E-state index contributed by atoms with van der Waals surface area (Å²) in [6, 6.07) is 0. The van der Waals surface area contributed by atoms with E-state index in [0.717, 1.165) is 0 Å². The topological polar surface area (TPSA) is 548 Å². The van der Waals surface area contributed by atoms with Crippen molar-refractivity contribution in [2.24, 2.45) is 0 Å². The molecule has 35 atom stereocenters. The van der Waals surface area contributed by atoms with Gasteiger partial charge in [0, 0.05) is 12.8 Å². The quantitative estimate of drug-likeness (QED) is 0.0913. The number of aliphatic hydroxyl groups is 19. The van der Waals surface area contributed by atoms with Crippen LogP contribution in [0.1, 0.15) is 39.5 Å². The smallest absolute Gasteiger partial charge is 0.187 e. The number of carbonyl (C=O) groups excluding carboxylic acids is 2. The maximum atomic E-state index is 13.7. The van der Waals surface area contributed by atoms with Crippen LogP contribution in [0.4, 0.5) is 0 Å². The number of rotatable bonds is 11. The maximum absolute atomic E-state index is 13.7. The fourth-order valence-corrected chi connectivity index (χ4v) is 11.2. The van der Waals surface area contributed by atoms with Gasteiger partial charge in [-0.3, -0.25) is 9.59 Å². The molecule has 35 heteroatoms. The van der Waals surface area contributed by atoms with E-state index in [2.05, 4.69) is 0 Å². The van der Waals surface area contributed by atoms with Crippen molar-refractivity contribution in [3.8, 4) is 0 Å². The summed E-state index contributed by atoms with van der Waals surface area (Å²) in [4.78, 5) is 27.4. The fourth-order valence-electron chi connectivity index (χ4n) is 11.2. The average molecular weight is 1220 g/mol. The van der Waals surface area contributed by atoms with Crippen LogP contribution in [0, 0.1) is 0 Å². The molecule has 0 aromatic heterocycles. The van der Waals surface area contributed by atoms with E-state index in [0.29, 0.717) is 0 Å². The van der Waals surface area contributed by atoms with Crippen molar-refractivity contribution >= 4 is 11.6 Å². The fraction of sp³-hybridized carbons (Fsp3) is 0.958. The highest BCUT2D eigenvalue weighted by molar-refractivity contribution is 5.84. The molecule has 19 N–H and O–H groups in total. The molecule has 0 amide bonds. The highest BCUT2D eigenvalue weighted by Gasteiger charge is 2.60. The van der Waals surface area contributed by atoms with Gasteiger partial charge in [-0.25, -0.2) is 0 Å². The lowest BCUT2D eigenvalue weighted by Crippen LogP contribution is -2.68. The molecule has 21 rings (SSSR count). The molecule has 21 aliphatic rings. The third kappa shape index (κ3) is 13.5. The maximum Gasteiger partial charge on any atom is 0.187 e. The molecule has 0 spiro atoms. The van der Waals surface area contributed by atoms with Crippen LogP contribution in [0.5, 0.6) is 0 Å². The second kappa shape index (κ2) is 28.7. The number of carbonyl (C=O) groups is 2. The Bertz CT molecular complexity index is 2040. The van der Waals surface area contributed by atoms with Crippen molar-refractivity contribution < 1.29 is 173 Å². The zero-order valence-electron chi connectivity index (χ0n) is 44.6. The van der Waals surface area contributed by atoms with Crippen molar-refractivity contribution in [2.75, 3.05) is 33.0 Å². The largest absolute Gasteiger partial charge is 0.394 e. The van der Waals surface area contributed by atoms with Crippen LogP contribution in [0.15, 0.2) is 0 Å². The van der Waals surface area contributed by atoms with Crippen LogP contribution in [0.2, 0.25) is 0 Å². The van der Waals surface area contributed by atoms with E-state index >= 15 is 0 Å². The first kappa shape index (κ1) is 67.0. The van der Waals surface area contributed by atoms with Gasteiger partial charge in [0.1, 0.15) is 171 Å². The molecule has 0 aromatic rings. The van der Waals surface area contributed by atoms with Crippen molar-refractivity contribution in [1.29, 1.82) is 0 Å². The Kier molecular flexibility index (Phi) is 23.1. The van der Waals surface area contributed by atoms with Crippen molar-refractivity contribution in [1.82, 2.24) is 0 Å². The second-order valence-corrected chi connectivity index (χ2v) is 21.5. The van der Waals surface area contributed by atoms with Gasteiger partial charge < -0.3 is 163 Å². The van der Waals surface area contributed by atoms with Crippen LogP contribution >= 0.6 is 0 Å². The summed E-state index contributed by atoms with van der Waals surface area (Å²) < 4.78 is 80.8. The van der Waals surface area contributed by atoms with Gasteiger partial charge in [0.15, 0.2) is 55.6 Å². The highest BCUT2D eigenvalue weighted by atomic mass is 16.8. The molecule has 35 nitrogen and oxygen atoms in total. The Balaban J connectivity index is 1.11. The number of ketones is 2. The second-order valence-electron chi connectivity index (χ2n) is 21.5. The van der Waals surface area contributed by atoms with Gasteiger partial charge in [-0.1, -0.05) is 13.8 Å². The molecule has 21 aliphatic heterocycles. The number of ether oxygens (including phenoxy) is 14. The van der Waals surface area contributed by atoms with Crippen LogP contribution in [-0.2, 0) is 75.9 Å². The molecule has 14 bridgehead atoms. The Morgan fingerprint density at radius 2 is 0.422 bits per heavy atom. The molecule has 21 heterocycles. The summed E-state index contributed by atoms with van der Waals surface area (Å²) in [7, 11) is 0. The number of aliphatic hydroxyl groups excluding tert-OH is 19. The van der Waals surface area contributed by atoms with Gasteiger partial charge in [-0.15, -0.1) is 0 Å². The lowest BCUT2D eigenvalue weighted by Gasteiger charge is -2.50. The van der Waals surface area contributed by atoms with Crippen molar-refractivity contribution in [3.63, 3.8) is 0 Å². The number of hydrogen-bond donors (Lipinski definition) is 19. The molecule has 0 aliphatic carbocycles. The minimum atomic E-state index is -2.27. The summed E-state index contributed by atoms with van der Waals surface area (Å²) in [5.41, 5.74) is 0. The number of Topliss-reactive ketones (excluding diaryl/α,β-unsaturated/α-hetero) is 2. The summed E-state index contributed by atoms with van der Waals surface area (Å²) >= 11 is 0. The summed E-state index contributed by atoms with van der Waals surface area (Å²) in [6.07, 6.45) is -72.5. The van der Waals surface area contributed by atoms with Gasteiger partial charge in [0.2, 0.25) is 0 Å². The minimum absolute atomic E-state index is 0.164. The zero-order valence-corrected chi connectivity index (χ0v) is 44.6. The van der Waals surface area contributed by atoms with E-state index in [4.69, 9.17) is 66.3 Å². The van der Waals surface area contributed by atoms with E-state index < -0.39 is 260 Å². The van der Waals surface area contributed by atoms with Crippen molar-refractivity contribution in [2.45, 2.75) is 254 Å². The van der Waals surface area contributed by atoms with E-state index in [-0.39, 0.29) is 25.7 Å². The molecular weight excluding hydrogens is 1140 g/mol. The Labute approximate surface area is 471 Å². The summed E-state index contributed by atoms with van der Waals surface area (Å²) in [6.45, 7) is -2.17. The predicted molar refractivity (Wildman–Crippen MR) is 254 cm³/mol. The minimum Gasteiger partial charge on any atom is -0.394 e. The lowest BCUT2D eigenvalue weighted by atomic mass is 9.93. The monoisotopic (exact) mass is 1210 g/mol. The van der Waals surface area contributed by atoms with Gasteiger partial charge in [-0.2, -0.15) is 0 Å². The van der Waals surface area contributed by atoms with E-state index in [1.54, 1.807) is 13.8 Å². The van der Waals surface area contributed by atoms with Gasteiger partial charge in [0.05, 0.1) is 33.0 Å². The third-order valence-electron chi connectivity index (χ3n) is 15.9. The SMILES string of the molecule is CCCC(=O)[C@H]1O[C@@H]2O[C@H]3[C@H](O)[C@@H](O)[C@@H](O[C@H]4[C@H](O)[C@@H](O)[C@@H](O[C@H]5[C@H](O)[C@@H](O)[C@@H](O[C@H]6[C@H](O)[C@@H](O)[C@@H](O[C@H]7[C@H](O)[C@H](O)[C@@H](O[C@H]8[C@@H](O)[C@H](O)[C@@H](O[C@H]1[C@H](O)[C@H]2O)O[C@@H]8CO)O[C@@H]7CO)O[C@@H]6C(=O)CCC)O[C@H]5CO)O[C@H]4CO)O[C@H]3CO. The van der Waals surface area contributed by atoms with Crippen LogP contribution in [0.3, 0.4) is 0 Å². The van der Waals surface area contributed by atoms with Crippen LogP contribution in [-0.4, -0.2) is 357 Å². The van der Waals surface area contributed by atoms with Gasteiger partial charge in [-0.05, 0) is 12.8 Å².